The summed E-state index contributed by atoms with van der Waals surface area (Å²) >= 11 is 0. The summed E-state index contributed by atoms with van der Waals surface area (Å²) in [6, 6.07) is 14.1. The highest BCUT2D eigenvalue weighted by atomic mass is 19.1. The Balaban J connectivity index is 2.00. The van der Waals surface area contributed by atoms with Crippen LogP contribution in [0.2, 0.25) is 0 Å². The van der Waals surface area contributed by atoms with Gasteiger partial charge in [0, 0.05) is 19.7 Å². The van der Waals surface area contributed by atoms with Crippen molar-refractivity contribution in [3.8, 4) is 22.6 Å². The summed E-state index contributed by atoms with van der Waals surface area (Å²) in [7, 11) is 3.74. The van der Waals surface area contributed by atoms with Gasteiger partial charge < -0.3 is 10.3 Å². The molecule has 0 aliphatic heterocycles. The second kappa shape index (κ2) is 5.19. The Morgan fingerprint density at radius 3 is 2.42 bits per heavy atom. The van der Waals surface area contributed by atoms with Gasteiger partial charge in [-0.05, 0) is 36.4 Å². The summed E-state index contributed by atoms with van der Waals surface area (Å²) < 4.78 is 16.9. The molecule has 0 atom stereocenters. The van der Waals surface area contributed by atoms with E-state index in [1.54, 1.807) is 23.9 Å². The lowest BCUT2D eigenvalue weighted by Crippen LogP contribution is -2.00. The van der Waals surface area contributed by atoms with Crippen LogP contribution in [0, 0.1) is 5.82 Å². The molecular weight excluding hydrogens is 305 g/mol. The molecule has 2 N–H and O–H groups in total. The number of aryl methyl sites for hydroxylation is 2. The summed E-state index contributed by atoms with van der Waals surface area (Å²) in [6.45, 7) is 0. The predicted octanol–water partition coefficient (Wildman–Crippen LogP) is 3.36. The molecule has 5 nitrogen and oxygen atoms in total. The first kappa shape index (κ1) is 14.4. The van der Waals surface area contributed by atoms with E-state index in [2.05, 4.69) is 5.10 Å². The average molecular weight is 321 g/mol. The highest BCUT2D eigenvalue weighted by Gasteiger charge is 2.22. The van der Waals surface area contributed by atoms with Crippen molar-refractivity contribution >= 4 is 16.9 Å². The van der Waals surface area contributed by atoms with Crippen LogP contribution in [0.15, 0.2) is 48.5 Å². The molecule has 2 heterocycles. The molecule has 0 fully saturated rings. The van der Waals surface area contributed by atoms with Crippen LogP contribution in [0.25, 0.3) is 33.7 Å². The Labute approximate surface area is 138 Å². The van der Waals surface area contributed by atoms with Gasteiger partial charge >= 0.3 is 0 Å². The molecule has 24 heavy (non-hydrogen) atoms. The molecule has 0 amide bonds. The molecule has 2 aromatic heterocycles. The van der Waals surface area contributed by atoms with Crippen molar-refractivity contribution in [1.82, 2.24) is 19.3 Å². The number of para-hydroxylation sites is 2. The topological polar surface area (TPSA) is 61.7 Å². The van der Waals surface area contributed by atoms with Gasteiger partial charge in [0.25, 0.3) is 0 Å². The van der Waals surface area contributed by atoms with Crippen LogP contribution in [-0.2, 0) is 14.1 Å². The lowest BCUT2D eigenvalue weighted by molar-refractivity contribution is 0.628. The number of nitrogens with two attached hydrogens (primary N) is 1. The SMILES string of the molecule is Cn1nc(-c2ccc(F)cc2)c(-c2nc3ccccc3n2C)c1N. The van der Waals surface area contributed by atoms with Crippen molar-refractivity contribution in [3.63, 3.8) is 0 Å². The smallest absolute Gasteiger partial charge is 0.146 e. The van der Waals surface area contributed by atoms with E-state index >= 15 is 0 Å². The van der Waals surface area contributed by atoms with E-state index in [1.165, 1.54) is 12.1 Å². The van der Waals surface area contributed by atoms with Crippen molar-refractivity contribution in [3.05, 3.63) is 54.3 Å². The number of halogens is 1. The number of nitrogens with zero attached hydrogens (tertiary/aromatic N) is 4. The van der Waals surface area contributed by atoms with Gasteiger partial charge in [0.2, 0.25) is 0 Å². The third-order valence-corrected chi connectivity index (χ3v) is 4.22. The summed E-state index contributed by atoms with van der Waals surface area (Å²) in [5, 5.41) is 4.51. The summed E-state index contributed by atoms with van der Waals surface area (Å²) in [5.41, 5.74) is 10.4. The summed E-state index contributed by atoms with van der Waals surface area (Å²) in [6.07, 6.45) is 0. The molecule has 4 rings (SSSR count). The average Bonchev–Trinajstić information content (AvgIpc) is 3.06. The lowest BCUT2D eigenvalue weighted by Gasteiger charge is -2.05. The number of aromatic nitrogens is 4. The van der Waals surface area contributed by atoms with Crippen LogP contribution in [0.1, 0.15) is 0 Å². The van der Waals surface area contributed by atoms with E-state index in [4.69, 9.17) is 10.7 Å². The fourth-order valence-electron chi connectivity index (χ4n) is 2.94. The maximum Gasteiger partial charge on any atom is 0.146 e. The number of rotatable bonds is 2. The molecule has 0 unspecified atom stereocenters. The minimum atomic E-state index is -0.285. The Morgan fingerprint density at radius 1 is 1.00 bits per heavy atom. The van der Waals surface area contributed by atoms with Gasteiger partial charge in [-0.25, -0.2) is 9.37 Å². The molecule has 0 radical (unpaired) electrons. The Morgan fingerprint density at radius 2 is 1.71 bits per heavy atom. The number of benzene rings is 2. The van der Waals surface area contributed by atoms with Crippen LogP contribution in [0.5, 0.6) is 0 Å². The Hall–Kier alpha value is -3.15. The second-order valence-electron chi connectivity index (χ2n) is 5.72. The normalized spacial score (nSPS) is 11.3. The molecule has 6 heteroatoms. The standard InChI is InChI=1S/C18H16FN5/c1-23-14-6-4-3-5-13(14)21-18(23)15-16(22-24(2)17(15)20)11-7-9-12(19)10-8-11/h3-10H,20H2,1-2H3. The van der Waals surface area contributed by atoms with Crippen LogP contribution in [0.4, 0.5) is 10.2 Å². The van der Waals surface area contributed by atoms with Gasteiger partial charge in [0.15, 0.2) is 0 Å². The quantitative estimate of drug-likeness (QED) is 0.616. The molecule has 2 aromatic carbocycles. The van der Waals surface area contributed by atoms with Crippen molar-refractivity contribution in [1.29, 1.82) is 0 Å². The highest BCUT2D eigenvalue weighted by Crippen LogP contribution is 2.36. The molecule has 0 spiro atoms. The fourth-order valence-corrected chi connectivity index (χ4v) is 2.94. The molecule has 4 aromatic rings. The first-order valence-corrected chi connectivity index (χ1v) is 7.56. The minimum absolute atomic E-state index is 0.285. The summed E-state index contributed by atoms with van der Waals surface area (Å²) in [4.78, 5) is 4.72. The number of anilines is 1. The van der Waals surface area contributed by atoms with E-state index in [9.17, 15) is 4.39 Å². The van der Waals surface area contributed by atoms with Crippen LogP contribution in [0.3, 0.4) is 0 Å². The molecule has 120 valence electrons. The van der Waals surface area contributed by atoms with Crippen LogP contribution in [-0.4, -0.2) is 19.3 Å². The summed E-state index contributed by atoms with van der Waals surface area (Å²) in [5.74, 6) is 0.973. The van der Waals surface area contributed by atoms with Gasteiger partial charge in [-0.15, -0.1) is 0 Å². The monoisotopic (exact) mass is 321 g/mol. The minimum Gasteiger partial charge on any atom is -0.383 e. The van der Waals surface area contributed by atoms with Crippen LogP contribution < -0.4 is 5.73 Å². The largest absolute Gasteiger partial charge is 0.383 e. The van der Waals surface area contributed by atoms with E-state index in [0.717, 1.165) is 28.0 Å². The fraction of sp³-hybridized carbons (Fsp3) is 0.111. The number of imidazole rings is 1. The molecule has 0 saturated heterocycles. The van der Waals surface area contributed by atoms with E-state index in [0.29, 0.717) is 11.5 Å². The van der Waals surface area contributed by atoms with Crippen molar-refractivity contribution < 1.29 is 4.39 Å². The van der Waals surface area contributed by atoms with Gasteiger partial charge in [-0.3, -0.25) is 4.68 Å². The van der Waals surface area contributed by atoms with Gasteiger partial charge in [0.05, 0.1) is 16.6 Å². The lowest BCUT2D eigenvalue weighted by atomic mass is 10.1. The Kier molecular flexibility index (Phi) is 3.13. The number of hydrogen-bond donors (Lipinski definition) is 1. The maximum atomic E-state index is 13.2. The predicted molar refractivity (Wildman–Crippen MR) is 92.7 cm³/mol. The molecule has 0 aliphatic rings. The number of fused-ring (bicyclic) bond motifs is 1. The van der Waals surface area contributed by atoms with Gasteiger partial charge in [-0.2, -0.15) is 5.10 Å². The molecular formula is C18H16FN5. The zero-order valence-corrected chi connectivity index (χ0v) is 13.4. The Bertz CT molecular complexity index is 1040. The number of nitrogen functional groups attached to an aromatic ring is 1. The number of hydrogen-bond acceptors (Lipinski definition) is 3. The van der Waals surface area contributed by atoms with Crippen molar-refractivity contribution in [2.75, 3.05) is 5.73 Å². The zero-order valence-electron chi connectivity index (χ0n) is 13.4. The van der Waals surface area contributed by atoms with E-state index < -0.39 is 0 Å². The third kappa shape index (κ3) is 2.07. The maximum absolute atomic E-state index is 13.2. The van der Waals surface area contributed by atoms with Crippen molar-refractivity contribution in [2.24, 2.45) is 14.1 Å². The molecule has 0 aliphatic carbocycles. The zero-order chi connectivity index (χ0) is 16.8. The first-order chi connectivity index (χ1) is 11.6. The van der Waals surface area contributed by atoms with Crippen molar-refractivity contribution in [2.45, 2.75) is 0 Å². The van der Waals surface area contributed by atoms with E-state index in [-0.39, 0.29) is 5.82 Å². The second-order valence-corrected chi connectivity index (χ2v) is 5.72. The third-order valence-electron chi connectivity index (χ3n) is 4.22. The van der Waals surface area contributed by atoms with Gasteiger partial charge in [-0.1, -0.05) is 12.1 Å². The molecule has 0 saturated carbocycles. The molecule has 0 bridgehead atoms. The van der Waals surface area contributed by atoms with Gasteiger partial charge in [0.1, 0.15) is 23.2 Å². The van der Waals surface area contributed by atoms with Crippen LogP contribution >= 0.6 is 0 Å². The highest BCUT2D eigenvalue weighted by molar-refractivity contribution is 5.89. The first-order valence-electron chi connectivity index (χ1n) is 7.56. The van der Waals surface area contributed by atoms with E-state index in [1.807, 2.05) is 35.9 Å².